The summed E-state index contributed by atoms with van der Waals surface area (Å²) in [7, 11) is 0. The number of aliphatic hydroxyl groups is 1. The summed E-state index contributed by atoms with van der Waals surface area (Å²) in [6, 6.07) is 0. The van der Waals surface area contributed by atoms with Crippen LogP contribution in [0.4, 0.5) is 0 Å². The Labute approximate surface area is 120 Å². The summed E-state index contributed by atoms with van der Waals surface area (Å²) in [4.78, 5) is 27.4. The zero-order chi connectivity index (χ0) is 14.6. The molecule has 2 amide bonds. The first-order chi connectivity index (χ1) is 9.60. The molecule has 2 fully saturated rings. The molecule has 2 saturated heterocycles. The van der Waals surface area contributed by atoms with Crippen molar-refractivity contribution in [3.05, 3.63) is 12.7 Å². The van der Waals surface area contributed by atoms with Crippen LogP contribution >= 0.6 is 0 Å². The van der Waals surface area contributed by atoms with Gasteiger partial charge in [0.25, 0.3) is 0 Å². The van der Waals surface area contributed by atoms with E-state index in [-0.39, 0.29) is 30.4 Å². The Morgan fingerprint density at radius 3 is 2.80 bits per heavy atom. The van der Waals surface area contributed by atoms with Crippen molar-refractivity contribution in [2.75, 3.05) is 32.8 Å². The summed E-state index contributed by atoms with van der Waals surface area (Å²) < 4.78 is 0. The fourth-order valence-electron chi connectivity index (χ4n) is 3.22. The van der Waals surface area contributed by atoms with Crippen molar-refractivity contribution in [2.45, 2.75) is 32.1 Å². The molecule has 0 radical (unpaired) electrons. The monoisotopic (exact) mass is 280 g/mol. The first kappa shape index (κ1) is 15.0. The molecule has 2 rings (SSSR count). The molecule has 5 heteroatoms. The lowest BCUT2D eigenvalue weighted by Gasteiger charge is -2.41. The Hall–Kier alpha value is -1.36. The van der Waals surface area contributed by atoms with Crippen LogP contribution in [0, 0.1) is 5.41 Å². The molecule has 2 aliphatic rings. The van der Waals surface area contributed by atoms with Gasteiger partial charge in [0.2, 0.25) is 11.8 Å². The predicted molar refractivity (Wildman–Crippen MR) is 76.0 cm³/mol. The van der Waals surface area contributed by atoms with Crippen molar-refractivity contribution < 1.29 is 14.7 Å². The highest BCUT2D eigenvalue weighted by atomic mass is 16.3. The van der Waals surface area contributed by atoms with E-state index in [1.807, 2.05) is 6.08 Å². The van der Waals surface area contributed by atoms with Crippen molar-refractivity contribution in [1.82, 2.24) is 9.80 Å². The van der Waals surface area contributed by atoms with E-state index in [4.69, 9.17) is 0 Å². The van der Waals surface area contributed by atoms with E-state index in [9.17, 15) is 14.7 Å². The van der Waals surface area contributed by atoms with Crippen molar-refractivity contribution >= 4 is 11.8 Å². The average molecular weight is 280 g/mol. The van der Waals surface area contributed by atoms with Crippen molar-refractivity contribution in [2.24, 2.45) is 5.41 Å². The molecule has 0 spiro atoms. The molecule has 0 aromatic carbocycles. The Bertz CT molecular complexity index is 397. The van der Waals surface area contributed by atoms with Crippen molar-refractivity contribution in [1.29, 1.82) is 0 Å². The van der Waals surface area contributed by atoms with Crippen LogP contribution in [0.3, 0.4) is 0 Å². The Kier molecular flexibility index (Phi) is 4.81. The Morgan fingerprint density at radius 1 is 1.40 bits per heavy atom. The second kappa shape index (κ2) is 6.39. The number of likely N-dealkylation sites (tertiary alicyclic amines) is 2. The Morgan fingerprint density at radius 2 is 2.20 bits per heavy atom. The highest BCUT2D eigenvalue weighted by Crippen LogP contribution is 2.33. The zero-order valence-electron chi connectivity index (χ0n) is 12.0. The largest absolute Gasteiger partial charge is 0.396 e. The van der Waals surface area contributed by atoms with Gasteiger partial charge in [-0.05, 0) is 25.7 Å². The molecule has 0 aromatic heterocycles. The van der Waals surface area contributed by atoms with E-state index in [0.29, 0.717) is 19.5 Å². The van der Waals surface area contributed by atoms with Gasteiger partial charge in [-0.2, -0.15) is 0 Å². The summed E-state index contributed by atoms with van der Waals surface area (Å²) in [5, 5.41) is 9.65. The van der Waals surface area contributed by atoms with Crippen molar-refractivity contribution in [3.8, 4) is 0 Å². The molecule has 0 bridgehead atoms. The van der Waals surface area contributed by atoms with Gasteiger partial charge < -0.3 is 14.9 Å². The molecule has 0 saturated carbocycles. The van der Waals surface area contributed by atoms with Crippen LogP contribution in [0.25, 0.3) is 0 Å². The maximum absolute atomic E-state index is 12.3. The quantitative estimate of drug-likeness (QED) is 0.757. The molecule has 1 atom stereocenters. The lowest BCUT2D eigenvalue weighted by Crippen LogP contribution is -2.50. The number of carbonyl (C=O) groups is 2. The first-order valence-corrected chi connectivity index (χ1v) is 7.37. The molecule has 0 aliphatic carbocycles. The van der Waals surface area contributed by atoms with Gasteiger partial charge in [0.15, 0.2) is 0 Å². The predicted octanol–water partition coefficient (Wildman–Crippen LogP) is 0.786. The smallest absolute Gasteiger partial charge is 0.242 e. The second-order valence-corrected chi connectivity index (χ2v) is 5.99. The normalized spacial score (nSPS) is 26.9. The molecular weight excluding hydrogens is 256 g/mol. The van der Waals surface area contributed by atoms with Gasteiger partial charge in [-0.3, -0.25) is 9.59 Å². The fraction of sp³-hybridized carbons (Fsp3) is 0.733. The van der Waals surface area contributed by atoms with Crippen molar-refractivity contribution in [3.63, 3.8) is 0 Å². The van der Waals surface area contributed by atoms with Gasteiger partial charge in [-0.1, -0.05) is 6.08 Å². The molecular formula is C15H24N2O3. The maximum Gasteiger partial charge on any atom is 0.242 e. The van der Waals surface area contributed by atoms with Gasteiger partial charge in [-0.15, -0.1) is 6.58 Å². The van der Waals surface area contributed by atoms with Gasteiger partial charge in [0.05, 0.1) is 13.2 Å². The molecule has 112 valence electrons. The highest BCUT2D eigenvalue weighted by molar-refractivity contribution is 5.86. The van der Waals surface area contributed by atoms with Crippen LogP contribution in [-0.4, -0.2) is 59.5 Å². The first-order valence-electron chi connectivity index (χ1n) is 7.37. The van der Waals surface area contributed by atoms with Crippen LogP contribution in [0.15, 0.2) is 12.7 Å². The van der Waals surface area contributed by atoms with Crippen LogP contribution in [0.2, 0.25) is 0 Å². The second-order valence-electron chi connectivity index (χ2n) is 5.99. The summed E-state index contributed by atoms with van der Waals surface area (Å²) in [5.41, 5.74) is -0.245. The van der Waals surface area contributed by atoms with Gasteiger partial charge in [0.1, 0.15) is 0 Å². The van der Waals surface area contributed by atoms with E-state index in [2.05, 4.69) is 6.58 Å². The third-order valence-corrected chi connectivity index (χ3v) is 4.42. The fourth-order valence-corrected chi connectivity index (χ4v) is 3.22. The summed E-state index contributed by atoms with van der Waals surface area (Å²) in [6.45, 7) is 5.99. The standard InChI is InChI=1S/C15H24N2O3/c1-2-6-15(12-18)7-4-9-17(11-15)14(20)10-16-8-3-5-13(16)19/h2,18H,1,3-12H2/t15-/m1/s1. The molecule has 2 aliphatic heterocycles. The van der Waals surface area contributed by atoms with E-state index in [1.54, 1.807) is 9.80 Å². The maximum atomic E-state index is 12.3. The number of piperidine rings is 1. The number of aliphatic hydroxyl groups excluding tert-OH is 1. The molecule has 20 heavy (non-hydrogen) atoms. The average Bonchev–Trinajstić information content (AvgIpc) is 2.85. The van der Waals surface area contributed by atoms with Gasteiger partial charge in [-0.25, -0.2) is 0 Å². The third-order valence-electron chi connectivity index (χ3n) is 4.42. The number of hydrogen-bond acceptors (Lipinski definition) is 3. The van der Waals surface area contributed by atoms with E-state index < -0.39 is 0 Å². The van der Waals surface area contributed by atoms with Gasteiger partial charge >= 0.3 is 0 Å². The number of hydrogen-bond donors (Lipinski definition) is 1. The minimum absolute atomic E-state index is 0.00170. The van der Waals surface area contributed by atoms with Gasteiger partial charge in [0, 0.05) is 31.5 Å². The number of allylic oxidation sites excluding steroid dienone is 1. The SMILES string of the molecule is C=CC[C@@]1(CO)CCCN(C(=O)CN2CCCC2=O)C1. The van der Waals surface area contributed by atoms with Crippen LogP contribution < -0.4 is 0 Å². The van der Waals surface area contributed by atoms with Crippen LogP contribution in [0.1, 0.15) is 32.1 Å². The lowest BCUT2D eigenvalue weighted by molar-refractivity contribution is -0.141. The summed E-state index contributed by atoms with van der Waals surface area (Å²) >= 11 is 0. The molecule has 5 nitrogen and oxygen atoms in total. The van der Waals surface area contributed by atoms with E-state index in [0.717, 1.165) is 32.2 Å². The third kappa shape index (κ3) is 3.20. The minimum atomic E-state index is -0.245. The summed E-state index contributed by atoms with van der Waals surface area (Å²) in [5.74, 6) is 0.0803. The lowest BCUT2D eigenvalue weighted by atomic mass is 9.78. The van der Waals surface area contributed by atoms with E-state index in [1.165, 1.54) is 0 Å². The Balaban J connectivity index is 1.95. The minimum Gasteiger partial charge on any atom is -0.396 e. The van der Waals surface area contributed by atoms with Crippen LogP contribution in [-0.2, 0) is 9.59 Å². The number of carbonyl (C=O) groups excluding carboxylic acids is 2. The van der Waals surface area contributed by atoms with Crippen LogP contribution in [0.5, 0.6) is 0 Å². The highest BCUT2D eigenvalue weighted by Gasteiger charge is 2.36. The topological polar surface area (TPSA) is 60.9 Å². The number of rotatable bonds is 5. The summed E-state index contributed by atoms with van der Waals surface area (Å²) in [6.07, 6.45) is 5.76. The molecule has 0 aromatic rings. The number of amides is 2. The van der Waals surface area contributed by atoms with E-state index >= 15 is 0 Å². The molecule has 1 N–H and O–H groups in total. The number of nitrogens with zero attached hydrogens (tertiary/aromatic N) is 2. The molecule has 0 unspecified atom stereocenters. The zero-order valence-corrected chi connectivity index (χ0v) is 12.0. The molecule has 2 heterocycles.